The molecule has 3 aromatic rings. The lowest BCUT2D eigenvalue weighted by molar-refractivity contribution is -0.137. The fourth-order valence-corrected chi connectivity index (χ4v) is 4.09. The van der Waals surface area contributed by atoms with Crippen LogP contribution >= 0.6 is 22.9 Å². The molecule has 1 aromatic carbocycles. The Bertz CT molecular complexity index is 1040. The minimum absolute atomic E-state index is 0.134. The molecule has 2 heterocycles. The first-order valence-corrected chi connectivity index (χ1v) is 10.9. The molecule has 2 aromatic heterocycles. The minimum Gasteiger partial charge on any atom is -0.481 e. The van der Waals surface area contributed by atoms with Crippen molar-refractivity contribution in [3.05, 3.63) is 51.6 Å². The van der Waals surface area contributed by atoms with Crippen LogP contribution in [0.3, 0.4) is 0 Å². The van der Waals surface area contributed by atoms with Crippen molar-refractivity contribution in [1.29, 1.82) is 0 Å². The summed E-state index contributed by atoms with van der Waals surface area (Å²) in [6, 6.07) is 9.40. The molecule has 0 atom stereocenters. The number of carbonyl (C=O) groups is 2. The standard InChI is InChI=1S/C21H23ClN4O3S/c1-13-11-16-18(25-21(22)26-20(16)30-13)24-12-14-6-8-15(9-7-14)19(29)23-10-4-2-3-5-17(27)28/h6-9,11H,2-5,10,12H2,1H3,(H,23,29)(H,27,28)(H,24,25,26). The number of carboxylic acid groups (broad SMARTS) is 1. The molecule has 0 bridgehead atoms. The maximum absolute atomic E-state index is 12.2. The number of carboxylic acids is 1. The van der Waals surface area contributed by atoms with Crippen LogP contribution in [0.15, 0.2) is 30.3 Å². The van der Waals surface area contributed by atoms with Gasteiger partial charge in [0.1, 0.15) is 10.6 Å². The van der Waals surface area contributed by atoms with Crippen molar-refractivity contribution >= 4 is 50.8 Å². The van der Waals surface area contributed by atoms with Crippen LogP contribution in [-0.2, 0) is 11.3 Å². The van der Waals surface area contributed by atoms with Crippen LogP contribution in [0.1, 0.15) is 46.5 Å². The van der Waals surface area contributed by atoms with Crippen LogP contribution < -0.4 is 10.6 Å². The van der Waals surface area contributed by atoms with Gasteiger partial charge < -0.3 is 15.7 Å². The first kappa shape index (κ1) is 22.0. The summed E-state index contributed by atoms with van der Waals surface area (Å²) in [7, 11) is 0. The van der Waals surface area contributed by atoms with E-state index in [0.717, 1.165) is 33.5 Å². The zero-order valence-corrected chi connectivity index (χ0v) is 18.1. The predicted molar refractivity (Wildman–Crippen MR) is 119 cm³/mol. The van der Waals surface area contributed by atoms with Crippen molar-refractivity contribution in [2.75, 3.05) is 11.9 Å². The van der Waals surface area contributed by atoms with E-state index in [0.29, 0.717) is 30.9 Å². The number of aryl methyl sites for hydroxylation is 1. The second-order valence-corrected chi connectivity index (χ2v) is 8.50. The van der Waals surface area contributed by atoms with Gasteiger partial charge >= 0.3 is 5.97 Å². The molecule has 0 aliphatic rings. The van der Waals surface area contributed by atoms with Gasteiger partial charge in [-0.2, -0.15) is 0 Å². The molecule has 1 amide bonds. The van der Waals surface area contributed by atoms with Crippen molar-refractivity contribution < 1.29 is 14.7 Å². The van der Waals surface area contributed by atoms with E-state index in [2.05, 4.69) is 20.6 Å². The molecule has 158 valence electrons. The molecule has 30 heavy (non-hydrogen) atoms. The lowest BCUT2D eigenvalue weighted by Gasteiger charge is -2.09. The Morgan fingerprint density at radius 1 is 1.13 bits per heavy atom. The molecule has 9 heteroatoms. The van der Waals surface area contributed by atoms with E-state index in [1.54, 1.807) is 23.5 Å². The molecule has 0 unspecified atom stereocenters. The SMILES string of the molecule is Cc1cc2c(NCc3ccc(C(=O)NCCCCCC(=O)O)cc3)nc(Cl)nc2s1. The summed E-state index contributed by atoms with van der Waals surface area (Å²) in [5, 5.41) is 15.9. The summed E-state index contributed by atoms with van der Waals surface area (Å²) in [6.45, 7) is 3.10. The number of nitrogens with one attached hydrogen (secondary N) is 2. The number of unbranched alkanes of at least 4 members (excludes halogenated alkanes) is 2. The minimum atomic E-state index is -0.786. The van der Waals surface area contributed by atoms with Crippen molar-refractivity contribution in [2.45, 2.75) is 39.2 Å². The lowest BCUT2D eigenvalue weighted by atomic mass is 10.1. The smallest absolute Gasteiger partial charge is 0.303 e. The van der Waals surface area contributed by atoms with E-state index >= 15 is 0 Å². The largest absolute Gasteiger partial charge is 0.481 e. The molecule has 3 rings (SSSR count). The van der Waals surface area contributed by atoms with Crippen LogP contribution in [0.2, 0.25) is 5.28 Å². The van der Waals surface area contributed by atoms with Crippen LogP contribution in [0.25, 0.3) is 10.2 Å². The van der Waals surface area contributed by atoms with Crippen molar-refractivity contribution in [3.8, 4) is 0 Å². The summed E-state index contributed by atoms with van der Waals surface area (Å²) in [5.41, 5.74) is 1.60. The van der Waals surface area contributed by atoms with Gasteiger partial charge in [-0.05, 0) is 55.1 Å². The summed E-state index contributed by atoms with van der Waals surface area (Å²) in [5.74, 6) is -0.226. The third-order valence-corrected chi connectivity index (χ3v) is 5.63. The van der Waals surface area contributed by atoms with Crippen molar-refractivity contribution in [1.82, 2.24) is 15.3 Å². The monoisotopic (exact) mass is 446 g/mol. The normalized spacial score (nSPS) is 10.9. The van der Waals surface area contributed by atoms with E-state index in [1.807, 2.05) is 25.1 Å². The van der Waals surface area contributed by atoms with Gasteiger partial charge in [0.25, 0.3) is 5.91 Å². The number of nitrogens with zero attached hydrogens (tertiary/aromatic N) is 2. The lowest BCUT2D eigenvalue weighted by Crippen LogP contribution is -2.24. The number of amides is 1. The number of aliphatic carboxylic acids is 1. The average molecular weight is 447 g/mol. The second kappa shape index (κ2) is 10.4. The second-order valence-electron chi connectivity index (χ2n) is 6.93. The summed E-state index contributed by atoms with van der Waals surface area (Å²) < 4.78 is 0. The maximum Gasteiger partial charge on any atom is 0.303 e. The highest BCUT2D eigenvalue weighted by atomic mass is 35.5. The van der Waals surface area contributed by atoms with Gasteiger partial charge in [-0.15, -0.1) is 11.3 Å². The quantitative estimate of drug-likeness (QED) is 0.309. The highest BCUT2D eigenvalue weighted by Crippen LogP contribution is 2.29. The zero-order valence-electron chi connectivity index (χ0n) is 16.6. The molecular weight excluding hydrogens is 424 g/mol. The summed E-state index contributed by atoms with van der Waals surface area (Å²) >= 11 is 7.60. The summed E-state index contributed by atoms with van der Waals surface area (Å²) in [6.07, 6.45) is 2.34. The van der Waals surface area contributed by atoms with Gasteiger partial charge in [0.2, 0.25) is 5.28 Å². The molecule has 0 aliphatic heterocycles. The van der Waals surface area contributed by atoms with Gasteiger partial charge in [0, 0.05) is 30.0 Å². The summed E-state index contributed by atoms with van der Waals surface area (Å²) in [4.78, 5) is 33.2. The Morgan fingerprint density at radius 3 is 2.63 bits per heavy atom. The fourth-order valence-electron chi connectivity index (χ4n) is 2.99. The van der Waals surface area contributed by atoms with Crippen molar-refractivity contribution in [3.63, 3.8) is 0 Å². The Labute approximate surface area is 183 Å². The molecule has 0 radical (unpaired) electrons. The number of halogens is 1. The Morgan fingerprint density at radius 2 is 1.90 bits per heavy atom. The third-order valence-electron chi connectivity index (χ3n) is 4.52. The molecule has 0 fully saturated rings. The number of rotatable bonds is 10. The van der Waals surface area contributed by atoms with Crippen LogP contribution in [0.4, 0.5) is 5.82 Å². The van der Waals surface area contributed by atoms with Gasteiger partial charge in [-0.3, -0.25) is 9.59 Å². The number of hydrogen-bond donors (Lipinski definition) is 3. The number of thiophene rings is 1. The van der Waals surface area contributed by atoms with Gasteiger partial charge in [-0.1, -0.05) is 18.6 Å². The van der Waals surface area contributed by atoms with Crippen LogP contribution in [0.5, 0.6) is 0 Å². The van der Waals surface area contributed by atoms with Crippen LogP contribution in [-0.4, -0.2) is 33.5 Å². The molecule has 0 aliphatic carbocycles. The molecule has 3 N–H and O–H groups in total. The number of hydrogen-bond acceptors (Lipinski definition) is 6. The van der Waals surface area contributed by atoms with Gasteiger partial charge in [0.05, 0.1) is 5.39 Å². The third kappa shape index (κ3) is 6.14. The van der Waals surface area contributed by atoms with E-state index < -0.39 is 5.97 Å². The highest BCUT2D eigenvalue weighted by Gasteiger charge is 2.10. The van der Waals surface area contributed by atoms with Crippen LogP contribution in [0, 0.1) is 6.92 Å². The predicted octanol–water partition coefficient (Wildman–Crippen LogP) is 4.64. The molecular formula is C21H23ClN4O3S. The topological polar surface area (TPSA) is 104 Å². The molecule has 7 nitrogen and oxygen atoms in total. The number of anilines is 1. The Hall–Kier alpha value is -2.71. The maximum atomic E-state index is 12.2. The number of benzene rings is 1. The number of fused-ring (bicyclic) bond motifs is 1. The van der Waals surface area contributed by atoms with E-state index in [4.69, 9.17) is 16.7 Å². The van der Waals surface area contributed by atoms with Crippen molar-refractivity contribution in [2.24, 2.45) is 0 Å². The van der Waals surface area contributed by atoms with E-state index in [9.17, 15) is 9.59 Å². The Kier molecular flexibility index (Phi) is 7.59. The fraction of sp³-hybridized carbons (Fsp3) is 0.333. The molecule has 0 spiro atoms. The van der Waals surface area contributed by atoms with Gasteiger partial charge in [0.15, 0.2) is 0 Å². The molecule has 0 saturated carbocycles. The van der Waals surface area contributed by atoms with Gasteiger partial charge in [-0.25, -0.2) is 9.97 Å². The van der Waals surface area contributed by atoms with E-state index in [1.165, 1.54) is 0 Å². The van der Waals surface area contributed by atoms with E-state index in [-0.39, 0.29) is 17.6 Å². The number of aromatic nitrogens is 2. The first-order valence-electron chi connectivity index (χ1n) is 9.69. The zero-order chi connectivity index (χ0) is 21.5. The number of carbonyl (C=O) groups excluding carboxylic acids is 1. The molecule has 0 saturated heterocycles. The highest BCUT2D eigenvalue weighted by molar-refractivity contribution is 7.18. The first-order chi connectivity index (χ1) is 14.4. The Balaban J connectivity index is 1.50. The average Bonchev–Trinajstić information content (AvgIpc) is 3.08.